The fraction of sp³-hybridized carbons (Fsp3) is 0.909. The zero-order chi connectivity index (χ0) is 8.55. The van der Waals surface area contributed by atoms with Crippen molar-refractivity contribution in [2.24, 2.45) is 17.8 Å². The molecule has 3 atom stereocenters. The minimum absolute atomic E-state index is 0.476. The summed E-state index contributed by atoms with van der Waals surface area (Å²) in [6, 6.07) is 0. The van der Waals surface area contributed by atoms with Crippen molar-refractivity contribution in [2.75, 3.05) is 0 Å². The Bertz CT molecular complexity index is 185. The molecule has 1 nitrogen and oxygen atoms in total. The maximum absolute atomic E-state index is 11.5. The van der Waals surface area contributed by atoms with Crippen LogP contribution in [-0.2, 0) is 4.79 Å². The molecule has 2 fully saturated rings. The first kappa shape index (κ1) is 8.28. The van der Waals surface area contributed by atoms with E-state index in [2.05, 4.69) is 6.92 Å². The fourth-order valence-corrected chi connectivity index (χ4v) is 3.19. The monoisotopic (exact) mass is 166 g/mol. The van der Waals surface area contributed by atoms with E-state index < -0.39 is 0 Å². The lowest BCUT2D eigenvalue weighted by atomic mass is 9.72. The fourth-order valence-electron chi connectivity index (χ4n) is 3.19. The van der Waals surface area contributed by atoms with Gasteiger partial charge in [-0.05, 0) is 24.7 Å². The van der Waals surface area contributed by atoms with Crippen LogP contribution >= 0.6 is 0 Å². The molecule has 68 valence electrons. The molecule has 1 heteroatoms. The van der Waals surface area contributed by atoms with Gasteiger partial charge in [-0.1, -0.05) is 26.2 Å². The maximum atomic E-state index is 11.5. The predicted octanol–water partition coefficient (Wildman–Crippen LogP) is 2.79. The number of hydrogen-bond donors (Lipinski definition) is 0. The lowest BCUT2D eigenvalue weighted by Gasteiger charge is -2.32. The molecule has 2 aliphatic rings. The van der Waals surface area contributed by atoms with Gasteiger partial charge in [-0.2, -0.15) is 0 Å². The van der Waals surface area contributed by atoms with E-state index in [0.29, 0.717) is 11.7 Å². The van der Waals surface area contributed by atoms with Crippen molar-refractivity contribution in [3.63, 3.8) is 0 Å². The second kappa shape index (κ2) is 3.20. The summed E-state index contributed by atoms with van der Waals surface area (Å²) >= 11 is 0. The highest BCUT2D eigenvalue weighted by molar-refractivity contribution is 5.83. The topological polar surface area (TPSA) is 17.1 Å². The normalized spacial score (nSPS) is 41.4. The first-order valence-corrected chi connectivity index (χ1v) is 5.35. The Morgan fingerprint density at radius 3 is 2.92 bits per heavy atom. The molecule has 12 heavy (non-hydrogen) atoms. The largest absolute Gasteiger partial charge is 0.299 e. The lowest BCUT2D eigenvalue weighted by molar-refractivity contribution is -0.122. The zero-order valence-electron chi connectivity index (χ0n) is 7.88. The Morgan fingerprint density at radius 1 is 1.33 bits per heavy atom. The molecular weight excluding hydrogens is 148 g/mol. The summed E-state index contributed by atoms with van der Waals surface area (Å²) in [4.78, 5) is 11.5. The molecule has 2 rings (SSSR count). The van der Waals surface area contributed by atoms with Crippen LogP contribution in [0.5, 0.6) is 0 Å². The van der Waals surface area contributed by atoms with Gasteiger partial charge in [-0.15, -0.1) is 0 Å². The van der Waals surface area contributed by atoms with Crippen molar-refractivity contribution < 1.29 is 4.79 Å². The van der Waals surface area contributed by atoms with Crippen LogP contribution in [0.3, 0.4) is 0 Å². The van der Waals surface area contributed by atoms with Crippen molar-refractivity contribution in [3.05, 3.63) is 0 Å². The molecular formula is C11H18O. The molecule has 0 aliphatic heterocycles. The summed E-state index contributed by atoms with van der Waals surface area (Å²) in [7, 11) is 0. The average Bonchev–Trinajstić information content (AvgIpc) is 2.48. The van der Waals surface area contributed by atoms with Gasteiger partial charge in [0.15, 0.2) is 0 Å². The molecule has 2 saturated carbocycles. The standard InChI is InChI=1S/C11H18O/c1-2-8-4-3-5-10-9(8)6-7-11(10)12/h8-10H,2-7H2,1H3/t8-,9+,10-/m0/s1. The molecule has 0 heterocycles. The number of carbonyl (C=O) groups excluding carboxylic acids is 1. The van der Waals surface area contributed by atoms with E-state index >= 15 is 0 Å². The molecule has 2 aliphatic carbocycles. The van der Waals surface area contributed by atoms with Crippen molar-refractivity contribution in [2.45, 2.75) is 45.4 Å². The number of Topliss-reactive ketones (excluding diaryl/α,β-unsaturated/α-hetero) is 1. The van der Waals surface area contributed by atoms with Crippen LogP contribution in [0.2, 0.25) is 0 Å². The van der Waals surface area contributed by atoms with Gasteiger partial charge in [0.05, 0.1) is 0 Å². The highest BCUT2D eigenvalue weighted by Crippen LogP contribution is 2.44. The van der Waals surface area contributed by atoms with Crippen molar-refractivity contribution in [3.8, 4) is 0 Å². The third kappa shape index (κ3) is 1.19. The summed E-state index contributed by atoms with van der Waals surface area (Å²) in [5.41, 5.74) is 0. The summed E-state index contributed by atoms with van der Waals surface area (Å²) in [6.45, 7) is 2.27. The summed E-state index contributed by atoms with van der Waals surface area (Å²) in [6.07, 6.45) is 7.23. The zero-order valence-corrected chi connectivity index (χ0v) is 7.88. The highest BCUT2D eigenvalue weighted by atomic mass is 16.1. The van der Waals surface area contributed by atoms with Gasteiger partial charge in [0.25, 0.3) is 0 Å². The number of carbonyl (C=O) groups is 1. The summed E-state index contributed by atoms with van der Waals surface area (Å²) in [5, 5.41) is 0. The first-order valence-electron chi connectivity index (χ1n) is 5.35. The van der Waals surface area contributed by atoms with Crippen LogP contribution in [0.15, 0.2) is 0 Å². The SMILES string of the molecule is CC[C@H]1CCC[C@@H]2C(=O)CC[C@H]12. The average molecular weight is 166 g/mol. The van der Waals surface area contributed by atoms with Crippen LogP contribution in [-0.4, -0.2) is 5.78 Å². The van der Waals surface area contributed by atoms with Crippen molar-refractivity contribution >= 4 is 5.78 Å². The Balaban J connectivity index is 2.09. The van der Waals surface area contributed by atoms with Crippen LogP contribution in [0.4, 0.5) is 0 Å². The van der Waals surface area contributed by atoms with E-state index in [1.54, 1.807) is 0 Å². The quantitative estimate of drug-likeness (QED) is 0.585. The third-order valence-electron chi connectivity index (χ3n) is 3.87. The van der Waals surface area contributed by atoms with E-state index in [9.17, 15) is 4.79 Å². The maximum Gasteiger partial charge on any atom is 0.136 e. The van der Waals surface area contributed by atoms with Gasteiger partial charge >= 0.3 is 0 Å². The van der Waals surface area contributed by atoms with E-state index in [-0.39, 0.29) is 0 Å². The smallest absolute Gasteiger partial charge is 0.136 e. The van der Waals surface area contributed by atoms with Gasteiger partial charge in [0.2, 0.25) is 0 Å². The number of rotatable bonds is 1. The van der Waals surface area contributed by atoms with Crippen molar-refractivity contribution in [1.82, 2.24) is 0 Å². The van der Waals surface area contributed by atoms with Crippen LogP contribution < -0.4 is 0 Å². The van der Waals surface area contributed by atoms with Gasteiger partial charge in [0, 0.05) is 12.3 Å². The number of ketones is 1. The van der Waals surface area contributed by atoms with E-state index in [1.165, 1.54) is 32.1 Å². The van der Waals surface area contributed by atoms with Crippen LogP contribution in [0, 0.1) is 17.8 Å². The van der Waals surface area contributed by atoms with Gasteiger partial charge in [-0.3, -0.25) is 4.79 Å². The molecule has 0 spiro atoms. The minimum Gasteiger partial charge on any atom is -0.299 e. The number of fused-ring (bicyclic) bond motifs is 1. The first-order chi connectivity index (χ1) is 5.83. The van der Waals surface area contributed by atoms with E-state index in [1.807, 2.05) is 0 Å². The van der Waals surface area contributed by atoms with Gasteiger partial charge in [0.1, 0.15) is 5.78 Å². The second-order valence-corrected chi connectivity index (χ2v) is 4.37. The van der Waals surface area contributed by atoms with E-state index in [0.717, 1.165) is 18.3 Å². The van der Waals surface area contributed by atoms with Gasteiger partial charge < -0.3 is 0 Å². The van der Waals surface area contributed by atoms with Crippen molar-refractivity contribution in [1.29, 1.82) is 0 Å². The highest BCUT2D eigenvalue weighted by Gasteiger charge is 2.40. The molecule has 0 unspecified atom stereocenters. The number of hydrogen-bond acceptors (Lipinski definition) is 1. The molecule has 0 saturated heterocycles. The summed E-state index contributed by atoms with van der Waals surface area (Å²) < 4.78 is 0. The molecule has 0 amide bonds. The van der Waals surface area contributed by atoms with E-state index in [4.69, 9.17) is 0 Å². The third-order valence-corrected chi connectivity index (χ3v) is 3.87. The Morgan fingerprint density at radius 2 is 2.17 bits per heavy atom. The van der Waals surface area contributed by atoms with Crippen LogP contribution in [0.1, 0.15) is 45.4 Å². The Kier molecular flexibility index (Phi) is 2.20. The van der Waals surface area contributed by atoms with Crippen LogP contribution in [0.25, 0.3) is 0 Å². The Labute approximate surface area is 74.5 Å². The summed E-state index contributed by atoms with van der Waals surface area (Å²) in [5.74, 6) is 2.69. The molecule has 0 bridgehead atoms. The molecule has 0 N–H and O–H groups in total. The Hall–Kier alpha value is -0.330. The minimum atomic E-state index is 0.476. The molecule has 0 aromatic rings. The second-order valence-electron chi connectivity index (χ2n) is 4.37. The molecule has 0 aromatic carbocycles. The molecule has 0 radical (unpaired) electrons. The molecule has 0 aromatic heterocycles. The predicted molar refractivity (Wildman–Crippen MR) is 48.9 cm³/mol. The van der Waals surface area contributed by atoms with Gasteiger partial charge in [-0.25, -0.2) is 0 Å². The lowest BCUT2D eigenvalue weighted by Crippen LogP contribution is -2.26.